The van der Waals surface area contributed by atoms with Gasteiger partial charge < -0.3 is 10.5 Å². The summed E-state index contributed by atoms with van der Waals surface area (Å²) in [5.41, 5.74) is 6.28. The maximum atomic E-state index is 12.8. The molecule has 1 fully saturated rings. The van der Waals surface area contributed by atoms with Crippen molar-refractivity contribution in [1.29, 1.82) is 0 Å². The first-order valence-corrected chi connectivity index (χ1v) is 5.35. The summed E-state index contributed by atoms with van der Waals surface area (Å²) in [5.74, 6) is -0.455. The molecule has 0 amide bonds. The van der Waals surface area contributed by atoms with E-state index < -0.39 is 5.82 Å². The molecular weight excluding hydrogens is 209 g/mol. The maximum Gasteiger partial charge on any atom is 0.168 e. The van der Waals surface area contributed by atoms with E-state index in [-0.39, 0.29) is 17.4 Å². The zero-order chi connectivity index (χ0) is 11.5. The Morgan fingerprint density at radius 1 is 1.38 bits per heavy atom. The van der Waals surface area contributed by atoms with Crippen molar-refractivity contribution >= 4 is 11.5 Å². The number of ether oxygens (including phenoxy) is 1. The quantitative estimate of drug-likeness (QED) is 0.616. The molecule has 4 heteroatoms. The van der Waals surface area contributed by atoms with Crippen LogP contribution in [0.15, 0.2) is 18.2 Å². The van der Waals surface area contributed by atoms with Gasteiger partial charge in [-0.1, -0.05) is 0 Å². The van der Waals surface area contributed by atoms with Crippen molar-refractivity contribution in [1.82, 2.24) is 0 Å². The number of halogens is 1. The van der Waals surface area contributed by atoms with Crippen LogP contribution in [0, 0.1) is 11.7 Å². The van der Waals surface area contributed by atoms with E-state index in [1.165, 1.54) is 18.2 Å². The highest BCUT2D eigenvalue weighted by Crippen LogP contribution is 2.23. The lowest BCUT2D eigenvalue weighted by molar-refractivity contribution is 0.0545. The number of nitrogen functional groups attached to an aromatic ring is 1. The van der Waals surface area contributed by atoms with Gasteiger partial charge in [0.05, 0.1) is 0 Å². The third-order valence-corrected chi connectivity index (χ3v) is 2.87. The highest BCUT2D eigenvalue weighted by molar-refractivity contribution is 6.02. The third-order valence-electron chi connectivity index (χ3n) is 2.87. The Morgan fingerprint density at radius 2 is 2.06 bits per heavy atom. The summed E-state index contributed by atoms with van der Waals surface area (Å²) < 4.78 is 18.0. The molecule has 0 bridgehead atoms. The summed E-state index contributed by atoms with van der Waals surface area (Å²) in [7, 11) is 0. The van der Waals surface area contributed by atoms with Gasteiger partial charge in [0, 0.05) is 30.4 Å². The van der Waals surface area contributed by atoms with Crippen LogP contribution >= 0.6 is 0 Å². The normalized spacial score (nSPS) is 17.3. The van der Waals surface area contributed by atoms with Crippen LogP contribution in [-0.2, 0) is 4.74 Å². The van der Waals surface area contributed by atoms with Crippen molar-refractivity contribution in [2.75, 3.05) is 18.9 Å². The number of Topliss-reactive ketones (excluding diaryl/α,β-unsaturated/α-hetero) is 1. The molecule has 0 unspecified atom stereocenters. The lowest BCUT2D eigenvalue weighted by Crippen LogP contribution is -2.24. The fraction of sp³-hybridized carbons (Fsp3) is 0.417. The predicted octanol–water partition coefficient (Wildman–Crippen LogP) is 2.02. The van der Waals surface area contributed by atoms with E-state index in [9.17, 15) is 9.18 Å². The van der Waals surface area contributed by atoms with Crippen molar-refractivity contribution < 1.29 is 13.9 Å². The van der Waals surface area contributed by atoms with Gasteiger partial charge in [0.1, 0.15) is 5.82 Å². The summed E-state index contributed by atoms with van der Waals surface area (Å²) in [6, 6.07) is 3.91. The molecule has 0 radical (unpaired) electrons. The molecule has 1 aliphatic heterocycles. The molecular formula is C12H14FNO2. The molecule has 0 aliphatic carbocycles. The van der Waals surface area contributed by atoms with Crippen molar-refractivity contribution in [2.24, 2.45) is 5.92 Å². The van der Waals surface area contributed by atoms with Gasteiger partial charge in [-0.2, -0.15) is 0 Å². The van der Waals surface area contributed by atoms with Gasteiger partial charge in [0.25, 0.3) is 0 Å². The number of ketones is 1. The number of carbonyl (C=O) groups is 1. The van der Waals surface area contributed by atoms with Crippen molar-refractivity contribution in [3.63, 3.8) is 0 Å². The van der Waals surface area contributed by atoms with Gasteiger partial charge in [-0.25, -0.2) is 4.39 Å². The molecule has 2 N–H and O–H groups in total. The van der Waals surface area contributed by atoms with Crippen LogP contribution in [0.4, 0.5) is 10.1 Å². The van der Waals surface area contributed by atoms with E-state index in [0.717, 1.165) is 12.8 Å². The van der Waals surface area contributed by atoms with Gasteiger partial charge >= 0.3 is 0 Å². The van der Waals surface area contributed by atoms with Gasteiger partial charge in [-0.05, 0) is 31.0 Å². The second kappa shape index (κ2) is 4.61. The van der Waals surface area contributed by atoms with E-state index in [1.807, 2.05) is 0 Å². The molecule has 86 valence electrons. The summed E-state index contributed by atoms with van der Waals surface area (Å²) >= 11 is 0. The molecule has 0 atom stereocenters. The smallest absolute Gasteiger partial charge is 0.168 e. The Kier molecular flexibility index (Phi) is 3.19. The van der Waals surface area contributed by atoms with Gasteiger partial charge in [-0.3, -0.25) is 4.79 Å². The van der Waals surface area contributed by atoms with Crippen LogP contribution in [0.1, 0.15) is 23.2 Å². The molecule has 1 aromatic carbocycles. The third kappa shape index (κ3) is 2.22. The standard InChI is InChI=1S/C12H14FNO2/c13-9-1-2-10(11(14)7-9)12(15)8-3-5-16-6-4-8/h1-2,7-8H,3-6,14H2. The topological polar surface area (TPSA) is 52.3 Å². The lowest BCUT2D eigenvalue weighted by atomic mass is 9.90. The minimum Gasteiger partial charge on any atom is -0.398 e. The van der Waals surface area contributed by atoms with E-state index in [0.29, 0.717) is 18.8 Å². The van der Waals surface area contributed by atoms with E-state index >= 15 is 0 Å². The molecule has 3 nitrogen and oxygen atoms in total. The second-order valence-electron chi connectivity index (χ2n) is 3.98. The van der Waals surface area contributed by atoms with Crippen LogP contribution in [0.3, 0.4) is 0 Å². The number of anilines is 1. The van der Waals surface area contributed by atoms with Crippen LogP contribution in [0.25, 0.3) is 0 Å². The lowest BCUT2D eigenvalue weighted by Gasteiger charge is -2.21. The Balaban J connectivity index is 2.19. The number of rotatable bonds is 2. The number of benzene rings is 1. The fourth-order valence-corrected chi connectivity index (χ4v) is 1.94. The van der Waals surface area contributed by atoms with Crippen LogP contribution < -0.4 is 5.73 Å². The Bertz CT molecular complexity index is 400. The molecule has 2 rings (SSSR count). The molecule has 16 heavy (non-hydrogen) atoms. The molecule has 1 aliphatic rings. The number of nitrogens with two attached hydrogens (primary N) is 1. The Hall–Kier alpha value is -1.42. The van der Waals surface area contributed by atoms with Crippen LogP contribution in [-0.4, -0.2) is 19.0 Å². The van der Waals surface area contributed by atoms with Crippen molar-refractivity contribution in [3.8, 4) is 0 Å². The zero-order valence-corrected chi connectivity index (χ0v) is 8.91. The molecule has 1 saturated heterocycles. The summed E-state index contributed by atoms with van der Waals surface area (Å²) in [4.78, 5) is 12.1. The zero-order valence-electron chi connectivity index (χ0n) is 8.91. The Labute approximate surface area is 93.4 Å². The highest BCUT2D eigenvalue weighted by Gasteiger charge is 2.24. The molecule has 1 aromatic rings. The Morgan fingerprint density at radius 3 is 2.69 bits per heavy atom. The average Bonchev–Trinajstić information content (AvgIpc) is 2.29. The first kappa shape index (κ1) is 11.1. The van der Waals surface area contributed by atoms with Gasteiger partial charge in [0.2, 0.25) is 0 Å². The minimum absolute atomic E-state index is 0.000741. The highest BCUT2D eigenvalue weighted by atomic mass is 19.1. The number of carbonyl (C=O) groups excluding carboxylic acids is 1. The van der Waals surface area contributed by atoms with Crippen molar-refractivity contribution in [3.05, 3.63) is 29.6 Å². The molecule has 0 spiro atoms. The number of hydrogen-bond acceptors (Lipinski definition) is 3. The monoisotopic (exact) mass is 223 g/mol. The van der Waals surface area contributed by atoms with Crippen LogP contribution in [0.2, 0.25) is 0 Å². The predicted molar refractivity (Wildman–Crippen MR) is 58.7 cm³/mol. The summed E-state index contributed by atoms with van der Waals surface area (Å²) in [6.07, 6.45) is 1.44. The average molecular weight is 223 g/mol. The molecule has 0 saturated carbocycles. The first-order chi connectivity index (χ1) is 7.68. The second-order valence-corrected chi connectivity index (χ2v) is 3.98. The van der Waals surface area contributed by atoms with E-state index in [2.05, 4.69) is 0 Å². The fourth-order valence-electron chi connectivity index (χ4n) is 1.94. The van der Waals surface area contributed by atoms with Crippen LogP contribution in [0.5, 0.6) is 0 Å². The SMILES string of the molecule is Nc1cc(F)ccc1C(=O)C1CCOCC1. The largest absolute Gasteiger partial charge is 0.398 e. The van der Waals surface area contributed by atoms with E-state index in [1.54, 1.807) is 0 Å². The molecule has 0 aromatic heterocycles. The minimum atomic E-state index is -0.416. The van der Waals surface area contributed by atoms with E-state index in [4.69, 9.17) is 10.5 Å². The van der Waals surface area contributed by atoms with Gasteiger partial charge in [0.15, 0.2) is 5.78 Å². The molecule has 1 heterocycles. The summed E-state index contributed by atoms with van der Waals surface area (Å²) in [5, 5.41) is 0. The maximum absolute atomic E-state index is 12.8. The van der Waals surface area contributed by atoms with Gasteiger partial charge in [-0.15, -0.1) is 0 Å². The summed E-state index contributed by atoms with van der Waals surface area (Å²) in [6.45, 7) is 1.22. The number of hydrogen-bond donors (Lipinski definition) is 1. The van der Waals surface area contributed by atoms with Crippen molar-refractivity contribution in [2.45, 2.75) is 12.8 Å². The first-order valence-electron chi connectivity index (χ1n) is 5.35.